The number of carboxylic acids is 1. The molecule has 0 fully saturated rings. The number of carbonyl (C=O) groups excluding carboxylic acids is 1. The zero-order valence-corrected chi connectivity index (χ0v) is 15.5. The minimum absolute atomic E-state index is 0.0947. The molecule has 0 atom stereocenters. The second kappa shape index (κ2) is 9.35. The minimum atomic E-state index is -1.04. The highest BCUT2D eigenvalue weighted by Gasteiger charge is 2.14. The normalized spacial score (nSPS) is 10.3. The molecule has 8 heteroatoms. The van der Waals surface area contributed by atoms with Gasteiger partial charge in [-0.2, -0.15) is 0 Å². The Kier molecular flexibility index (Phi) is 6.90. The summed E-state index contributed by atoms with van der Waals surface area (Å²) in [7, 11) is 2.98. The molecule has 140 valence electrons. The summed E-state index contributed by atoms with van der Waals surface area (Å²) in [6.45, 7) is 0. The Labute approximate surface area is 161 Å². The second-order valence-corrected chi connectivity index (χ2v) is 5.68. The zero-order chi connectivity index (χ0) is 19.8. The molecule has 0 saturated heterocycles. The van der Waals surface area contributed by atoms with Gasteiger partial charge in [-0.3, -0.25) is 10.1 Å². The monoisotopic (exact) mass is 386 g/mol. The van der Waals surface area contributed by atoms with Crippen molar-refractivity contribution in [1.29, 1.82) is 0 Å². The molecule has 0 spiro atoms. The second-order valence-electron chi connectivity index (χ2n) is 5.27. The van der Waals surface area contributed by atoms with E-state index in [1.165, 1.54) is 20.3 Å². The van der Waals surface area contributed by atoms with Gasteiger partial charge in [-0.05, 0) is 48.1 Å². The summed E-state index contributed by atoms with van der Waals surface area (Å²) < 4.78 is 10.3. The van der Waals surface area contributed by atoms with Gasteiger partial charge in [-0.15, -0.1) is 0 Å². The van der Waals surface area contributed by atoms with Crippen molar-refractivity contribution >= 4 is 41.0 Å². The van der Waals surface area contributed by atoms with Crippen molar-refractivity contribution in [1.82, 2.24) is 5.32 Å². The van der Waals surface area contributed by atoms with Gasteiger partial charge in [0, 0.05) is 17.8 Å². The molecule has 7 nitrogen and oxygen atoms in total. The van der Waals surface area contributed by atoms with E-state index in [4.69, 9.17) is 26.8 Å². The van der Waals surface area contributed by atoms with Crippen LogP contribution in [0.5, 0.6) is 11.5 Å². The predicted molar refractivity (Wildman–Crippen MR) is 106 cm³/mol. The first-order valence-electron chi connectivity index (χ1n) is 7.78. The number of hydrogen-bond acceptors (Lipinski definition) is 5. The van der Waals surface area contributed by atoms with E-state index in [1.54, 1.807) is 42.5 Å². The molecular weight excluding hydrogens is 368 g/mol. The van der Waals surface area contributed by atoms with Crippen molar-refractivity contribution in [3.63, 3.8) is 0 Å². The van der Waals surface area contributed by atoms with E-state index in [9.17, 15) is 9.59 Å². The summed E-state index contributed by atoms with van der Waals surface area (Å²) in [5, 5.41) is 14.2. The number of carboxylic acid groups (broad SMARTS) is 1. The van der Waals surface area contributed by atoms with Crippen LogP contribution < -0.4 is 20.1 Å². The van der Waals surface area contributed by atoms with Crippen molar-refractivity contribution < 1.29 is 24.2 Å². The Morgan fingerprint density at radius 2 is 1.89 bits per heavy atom. The highest BCUT2D eigenvalue weighted by atomic mass is 32.1. The molecule has 0 aliphatic carbocycles. The molecule has 1 amide bonds. The van der Waals surface area contributed by atoms with Crippen molar-refractivity contribution in [3.05, 3.63) is 59.7 Å². The van der Waals surface area contributed by atoms with E-state index >= 15 is 0 Å². The van der Waals surface area contributed by atoms with Crippen molar-refractivity contribution in [2.45, 2.75) is 0 Å². The fraction of sp³-hybridized carbons (Fsp3) is 0.105. The number of rotatable bonds is 6. The van der Waals surface area contributed by atoms with E-state index in [-0.39, 0.29) is 5.11 Å². The smallest absolute Gasteiger partial charge is 0.328 e. The van der Waals surface area contributed by atoms with Crippen molar-refractivity contribution in [3.8, 4) is 11.5 Å². The summed E-state index contributed by atoms with van der Waals surface area (Å²) in [6.07, 6.45) is 2.49. The number of hydrogen-bond donors (Lipinski definition) is 3. The number of nitrogens with one attached hydrogen (secondary N) is 2. The third-order valence-electron chi connectivity index (χ3n) is 3.44. The van der Waals surface area contributed by atoms with Crippen LogP contribution in [-0.2, 0) is 4.79 Å². The topological polar surface area (TPSA) is 96.9 Å². The van der Waals surface area contributed by atoms with Gasteiger partial charge in [-0.25, -0.2) is 4.79 Å². The van der Waals surface area contributed by atoms with E-state index in [0.29, 0.717) is 28.3 Å². The number of methoxy groups -OCH3 is 2. The number of carbonyl (C=O) groups is 2. The lowest BCUT2D eigenvalue weighted by molar-refractivity contribution is -0.131. The summed E-state index contributed by atoms with van der Waals surface area (Å²) in [5.74, 6) is -0.552. The van der Waals surface area contributed by atoms with Gasteiger partial charge in [0.15, 0.2) is 5.11 Å². The maximum atomic E-state index is 12.4. The molecule has 0 bridgehead atoms. The number of aliphatic carboxylic acids is 1. The van der Waals surface area contributed by atoms with Crippen LogP contribution in [0.4, 0.5) is 5.69 Å². The number of thiocarbonyl (C=S) groups is 1. The molecule has 27 heavy (non-hydrogen) atoms. The number of amides is 1. The van der Waals surface area contributed by atoms with Crippen LogP contribution in [0.15, 0.2) is 48.5 Å². The first-order valence-corrected chi connectivity index (χ1v) is 8.19. The minimum Gasteiger partial charge on any atom is -0.497 e. The van der Waals surface area contributed by atoms with Gasteiger partial charge in [-0.1, -0.05) is 12.1 Å². The molecule has 2 aromatic rings. The Morgan fingerprint density at radius 3 is 2.56 bits per heavy atom. The largest absolute Gasteiger partial charge is 0.497 e. The fourth-order valence-electron chi connectivity index (χ4n) is 2.21. The van der Waals surface area contributed by atoms with E-state index in [1.807, 2.05) is 0 Å². The van der Waals surface area contributed by atoms with Crippen molar-refractivity contribution in [2.24, 2.45) is 0 Å². The molecule has 2 rings (SSSR count). The van der Waals surface area contributed by atoms with Crippen LogP contribution >= 0.6 is 12.2 Å². The van der Waals surface area contributed by atoms with Gasteiger partial charge in [0.25, 0.3) is 5.91 Å². The molecule has 0 aliphatic rings. The maximum Gasteiger partial charge on any atom is 0.328 e. The summed E-state index contributed by atoms with van der Waals surface area (Å²) in [6, 6.07) is 11.7. The molecule has 0 radical (unpaired) electrons. The van der Waals surface area contributed by atoms with Gasteiger partial charge >= 0.3 is 5.97 Å². The van der Waals surface area contributed by atoms with E-state index in [0.717, 1.165) is 6.08 Å². The average Bonchev–Trinajstić information content (AvgIpc) is 2.65. The fourth-order valence-corrected chi connectivity index (χ4v) is 2.42. The van der Waals surface area contributed by atoms with Crippen LogP contribution in [-0.4, -0.2) is 36.3 Å². The number of benzene rings is 2. The van der Waals surface area contributed by atoms with E-state index < -0.39 is 11.9 Å². The highest BCUT2D eigenvalue weighted by Crippen LogP contribution is 2.24. The van der Waals surface area contributed by atoms with Crippen LogP contribution in [0, 0.1) is 0 Å². The molecule has 0 saturated carbocycles. The van der Waals surface area contributed by atoms with Gasteiger partial charge < -0.3 is 19.9 Å². The third-order valence-corrected chi connectivity index (χ3v) is 3.65. The quantitative estimate of drug-likeness (QED) is 0.519. The van der Waals surface area contributed by atoms with Crippen LogP contribution in [0.1, 0.15) is 15.9 Å². The van der Waals surface area contributed by atoms with Crippen LogP contribution in [0.25, 0.3) is 6.08 Å². The molecule has 0 aliphatic heterocycles. The van der Waals surface area contributed by atoms with Crippen molar-refractivity contribution in [2.75, 3.05) is 19.5 Å². The predicted octanol–water partition coefficient (Wildman–Crippen LogP) is 2.93. The Balaban J connectivity index is 2.06. The summed E-state index contributed by atoms with van der Waals surface area (Å²) >= 11 is 5.17. The first kappa shape index (κ1) is 19.9. The Bertz CT molecular complexity index is 895. The van der Waals surface area contributed by atoms with Gasteiger partial charge in [0.05, 0.1) is 19.8 Å². The lowest BCUT2D eigenvalue weighted by Crippen LogP contribution is -2.34. The summed E-state index contributed by atoms with van der Waals surface area (Å²) in [4.78, 5) is 23.0. The Hall–Kier alpha value is -3.39. The molecule has 2 aromatic carbocycles. The Morgan fingerprint density at radius 1 is 1.11 bits per heavy atom. The van der Waals surface area contributed by atoms with Gasteiger partial charge in [0.2, 0.25) is 0 Å². The number of ether oxygens (including phenoxy) is 2. The average molecular weight is 386 g/mol. The summed E-state index contributed by atoms with van der Waals surface area (Å²) in [5.41, 5.74) is 1.59. The van der Waals surface area contributed by atoms with Gasteiger partial charge in [0.1, 0.15) is 11.5 Å². The van der Waals surface area contributed by atoms with E-state index in [2.05, 4.69) is 10.6 Å². The third kappa shape index (κ3) is 5.82. The lowest BCUT2D eigenvalue weighted by atomic mass is 10.1. The number of anilines is 1. The SMILES string of the molecule is COc1ccc(C(=O)NC(=S)Nc2cccc(/C=C/C(=O)O)c2)c(OC)c1. The standard InChI is InChI=1S/C19H18N2O5S/c1-25-14-7-8-15(16(11-14)26-2)18(24)21-19(27)20-13-5-3-4-12(10-13)6-9-17(22)23/h3-11H,1-2H3,(H,22,23)(H2,20,21,24,27)/b9-6+. The first-order chi connectivity index (χ1) is 12.9. The molecule has 3 N–H and O–H groups in total. The molecule has 0 heterocycles. The molecule has 0 aromatic heterocycles. The molecular formula is C19H18N2O5S. The maximum absolute atomic E-state index is 12.4. The highest BCUT2D eigenvalue weighted by molar-refractivity contribution is 7.80. The lowest BCUT2D eigenvalue weighted by Gasteiger charge is -2.12. The zero-order valence-electron chi connectivity index (χ0n) is 14.7. The molecule has 0 unspecified atom stereocenters. The van der Waals surface area contributed by atoms with Crippen LogP contribution in [0.2, 0.25) is 0 Å². The van der Waals surface area contributed by atoms with Crippen LogP contribution in [0.3, 0.4) is 0 Å².